The van der Waals surface area contributed by atoms with Crippen molar-refractivity contribution in [2.75, 3.05) is 7.05 Å². The quantitative estimate of drug-likeness (QED) is 0.811. The first-order valence-electron chi connectivity index (χ1n) is 7.18. The van der Waals surface area contributed by atoms with Crippen molar-refractivity contribution < 1.29 is 0 Å². The Labute approximate surface area is 130 Å². The van der Waals surface area contributed by atoms with Crippen LogP contribution in [0.4, 0.5) is 0 Å². The first-order chi connectivity index (χ1) is 9.67. The molecule has 2 aromatic rings. The van der Waals surface area contributed by atoms with Gasteiger partial charge in [-0.2, -0.15) is 0 Å². The predicted molar refractivity (Wildman–Crippen MR) is 90.2 cm³/mol. The van der Waals surface area contributed by atoms with Crippen LogP contribution in [0.25, 0.3) is 0 Å². The molecule has 0 saturated heterocycles. The van der Waals surface area contributed by atoms with Gasteiger partial charge in [0.2, 0.25) is 0 Å². The first-order valence-corrected chi connectivity index (χ1v) is 7.97. The summed E-state index contributed by atoms with van der Waals surface area (Å²) in [5, 5.41) is 3.43. The minimum absolute atomic E-state index is 0.239. The fourth-order valence-corrected chi connectivity index (χ4v) is 2.99. The van der Waals surface area contributed by atoms with Gasteiger partial charge in [0.05, 0.1) is 6.04 Å². The topological polar surface area (TPSA) is 12.0 Å². The lowest BCUT2D eigenvalue weighted by Gasteiger charge is -2.20. The van der Waals surface area contributed by atoms with Crippen molar-refractivity contribution in [1.29, 1.82) is 0 Å². The third-order valence-corrected chi connectivity index (χ3v) is 4.62. The second-order valence-corrected chi connectivity index (χ2v) is 6.02. The summed E-state index contributed by atoms with van der Waals surface area (Å²) in [4.78, 5) is 0. The van der Waals surface area contributed by atoms with Crippen molar-refractivity contribution in [2.24, 2.45) is 0 Å². The molecule has 0 aromatic heterocycles. The molecule has 2 heteroatoms. The van der Waals surface area contributed by atoms with Crippen LogP contribution in [0, 0.1) is 6.92 Å². The van der Waals surface area contributed by atoms with Gasteiger partial charge >= 0.3 is 0 Å². The van der Waals surface area contributed by atoms with Crippen molar-refractivity contribution in [2.45, 2.75) is 32.7 Å². The van der Waals surface area contributed by atoms with Crippen LogP contribution in [0.3, 0.4) is 0 Å². The minimum Gasteiger partial charge on any atom is -0.309 e. The van der Waals surface area contributed by atoms with E-state index >= 15 is 0 Å². The summed E-state index contributed by atoms with van der Waals surface area (Å²) in [5.74, 6) is 0. The van der Waals surface area contributed by atoms with E-state index in [9.17, 15) is 0 Å². The zero-order valence-electron chi connectivity index (χ0n) is 12.4. The maximum absolute atomic E-state index is 3.62. The smallest absolute Gasteiger partial charge is 0.0577 e. The highest BCUT2D eigenvalue weighted by atomic mass is 79.9. The monoisotopic (exact) mass is 331 g/mol. The van der Waals surface area contributed by atoms with E-state index in [4.69, 9.17) is 0 Å². The number of benzene rings is 2. The van der Waals surface area contributed by atoms with Gasteiger partial charge in [-0.1, -0.05) is 65.7 Å². The third kappa shape index (κ3) is 3.31. The molecule has 0 bridgehead atoms. The molecule has 0 amide bonds. The molecule has 1 atom stereocenters. The highest BCUT2D eigenvalue weighted by Gasteiger charge is 2.15. The summed E-state index contributed by atoms with van der Waals surface area (Å²) in [7, 11) is 2.02. The van der Waals surface area contributed by atoms with Gasteiger partial charge in [-0.05, 0) is 48.7 Å². The molecule has 0 aliphatic heterocycles. The summed E-state index contributed by atoms with van der Waals surface area (Å²) in [6, 6.07) is 15.6. The van der Waals surface area contributed by atoms with E-state index < -0.39 is 0 Å². The van der Waals surface area contributed by atoms with Crippen LogP contribution in [0.1, 0.15) is 41.6 Å². The van der Waals surface area contributed by atoms with Crippen LogP contribution in [0.15, 0.2) is 46.9 Å². The number of halogens is 1. The standard InChI is InChI=1S/C18H22BrN/c1-4-6-14-9-11-15(12-10-14)18(20-3)16-7-5-8-17(19)13(16)2/h5,7-12,18,20H,4,6H2,1-3H3. The Hall–Kier alpha value is -1.12. The second-order valence-electron chi connectivity index (χ2n) is 5.17. The number of aryl methyl sites for hydroxylation is 1. The number of rotatable bonds is 5. The Morgan fingerprint density at radius 2 is 1.80 bits per heavy atom. The average molecular weight is 332 g/mol. The van der Waals surface area contributed by atoms with E-state index in [1.54, 1.807) is 0 Å². The van der Waals surface area contributed by atoms with Crippen LogP contribution in [-0.2, 0) is 6.42 Å². The van der Waals surface area contributed by atoms with Gasteiger partial charge in [-0.3, -0.25) is 0 Å². The molecular formula is C18H22BrN. The summed E-state index contributed by atoms with van der Waals surface area (Å²) in [6.07, 6.45) is 2.35. The van der Waals surface area contributed by atoms with Gasteiger partial charge in [0.1, 0.15) is 0 Å². The zero-order chi connectivity index (χ0) is 14.5. The highest BCUT2D eigenvalue weighted by Crippen LogP contribution is 2.29. The van der Waals surface area contributed by atoms with Crippen molar-refractivity contribution >= 4 is 15.9 Å². The van der Waals surface area contributed by atoms with Crippen molar-refractivity contribution in [3.8, 4) is 0 Å². The third-order valence-electron chi connectivity index (χ3n) is 3.76. The maximum Gasteiger partial charge on any atom is 0.0577 e. The predicted octanol–water partition coefficient (Wildman–Crippen LogP) is 5.02. The van der Waals surface area contributed by atoms with E-state index in [0.717, 1.165) is 10.9 Å². The van der Waals surface area contributed by atoms with Gasteiger partial charge in [-0.25, -0.2) is 0 Å². The molecule has 2 rings (SSSR count). The summed E-state index contributed by atoms with van der Waals surface area (Å²) in [6.45, 7) is 4.38. The molecule has 0 fully saturated rings. The summed E-state index contributed by atoms with van der Waals surface area (Å²) >= 11 is 3.62. The van der Waals surface area contributed by atoms with Gasteiger partial charge in [-0.15, -0.1) is 0 Å². The molecule has 0 heterocycles. The largest absolute Gasteiger partial charge is 0.309 e. The van der Waals surface area contributed by atoms with Gasteiger partial charge in [0.25, 0.3) is 0 Å². The molecule has 1 unspecified atom stereocenters. The molecule has 1 nitrogen and oxygen atoms in total. The van der Waals surface area contributed by atoms with E-state index in [1.807, 2.05) is 7.05 Å². The molecule has 0 aliphatic carbocycles. The molecule has 0 radical (unpaired) electrons. The Bertz CT molecular complexity index is 560. The van der Waals surface area contributed by atoms with Crippen molar-refractivity contribution in [1.82, 2.24) is 5.32 Å². The van der Waals surface area contributed by atoms with Crippen LogP contribution >= 0.6 is 15.9 Å². The van der Waals surface area contributed by atoms with E-state index in [0.29, 0.717) is 0 Å². The SMILES string of the molecule is CCCc1ccc(C(NC)c2cccc(Br)c2C)cc1. The first kappa shape index (κ1) is 15.3. The molecule has 20 heavy (non-hydrogen) atoms. The summed E-state index contributed by atoms with van der Waals surface area (Å²) in [5.41, 5.74) is 5.35. The summed E-state index contributed by atoms with van der Waals surface area (Å²) < 4.78 is 1.16. The second kappa shape index (κ2) is 7.05. The lowest BCUT2D eigenvalue weighted by molar-refractivity contribution is 0.686. The molecule has 2 aromatic carbocycles. The van der Waals surface area contributed by atoms with Gasteiger partial charge in [0.15, 0.2) is 0 Å². The van der Waals surface area contributed by atoms with E-state index in [-0.39, 0.29) is 6.04 Å². The Kier molecular flexibility index (Phi) is 5.38. The normalized spacial score (nSPS) is 12.4. The lowest BCUT2D eigenvalue weighted by atomic mass is 9.94. The fourth-order valence-electron chi connectivity index (χ4n) is 2.60. The fraction of sp³-hybridized carbons (Fsp3) is 0.333. The van der Waals surface area contributed by atoms with Crippen LogP contribution in [0.5, 0.6) is 0 Å². The van der Waals surface area contributed by atoms with Crippen LogP contribution < -0.4 is 5.32 Å². The molecular weight excluding hydrogens is 310 g/mol. The van der Waals surface area contributed by atoms with E-state index in [2.05, 4.69) is 77.6 Å². The highest BCUT2D eigenvalue weighted by molar-refractivity contribution is 9.10. The van der Waals surface area contributed by atoms with Gasteiger partial charge < -0.3 is 5.32 Å². The molecule has 0 saturated carbocycles. The maximum atomic E-state index is 3.62. The van der Waals surface area contributed by atoms with Gasteiger partial charge in [0, 0.05) is 4.47 Å². The average Bonchev–Trinajstić information content (AvgIpc) is 2.46. The number of hydrogen-bond acceptors (Lipinski definition) is 1. The molecule has 0 spiro atoms. The van der Waals surface area contributed by atoms with Crippen molar-refractivity contribution in [3.05, 3.63) is 69.2 Å². The number of hydrogen-bond donors (Lipinski definition) is 1. The van der Waals surface area contributed by atoms with E-state index in [1.165, 1.54) is 28.7 Å². The zero-order valence-corrected chi connectivity index (χ0v) is 14.0. The number of nitrogens with one attached hydrogen (secondary N) is 1. The lowest BCUT2D eigenvalue weighted by Crippen LogP contribution is -2.18. The molecule has 1 N–H and O–H groups in total. The van der Waals surface area contributed by atoms with Crippen LogP contribution in [0.2, 0.25) is 0 Å². The molecule has 0 aliphatic rings. The Morgan fingerprint density at radius 3 is 2.40 bits per heavy atom. The Morgan fingerprint density at radius 1 is 1.10 bits per heavy atom. The van der Waals surface area contributed by atoms with Crippen LogP contribution in [-0.4, -0.2) is 7.05 Å². The minimum atomic E-state index is 0.239. The van der Waals surface area contributed by atoms with Crippen molar-refractivity contribution in [3.63, 3.8) is 0 Å². The molecule has 106 valence electrons. The Balaban J connectivity index is 2.34.